The Balaban J connectivity index is 2.61. The highest BCUT2D eigenvalue weighted by molar-refractivity contribution is 5.77. The Morgan fingerprint density at radius 2 is 1.93 bits per heavy atom. The lowest BCUT2D eigenvalue weighted by molar-refractivity contribution is -0.124. The summed E-state index contributed by atoms with van der Waals surface area (Å²) >= 11 is 0. The van der Waals surface area contributed by atoms with Crippen molar-refractivity contribution in [2.75, 3.05) is 0 Å². The second kappa shape index (κ2) is 5.51. The molecule has 0 saturated carbocycles. The smallest absolute Gasteiger partial charge is 0.222 e. The van der Waals surface area contributed by atoms with Crippen LogP contribution in [0.15, 0.2) is 24.3 Å². The number of hydrogen-bond donors (Lipinski definition) is 2. The van der Waals surface area contributed by atoms with Gasteiger partial charge >= 0.3 is 0 Å². The fourth-order valence-electron chi connectivity index (χ4n) is 1.32. The fourth-order valence-corrected chi connectivity index (χ4v) is 1.32. The van der Waals surface area contributed by atoms with Crippen LogP contribution in [0.1, 0.15) is 25.0 Å². The summed E-state index contributed by atoms with van der Waals surface area (Å²) in [4.78, 5) is 11.4. The van der Waals surface area contributed by atoms with E-state index in [0.717, 1.165) is 11.1 Å². The highest BCUT2D eigenvalue weighted by Gasteiger charge is 2.06. The van der Waals surface area contributed by atoms with Gasteiger partial charge in [0.15, 0.2) is 0 Å². The molecule has 1 rings (SSSR count). The molecule has 0 aromatic heterocycles. The average Bonchev–Trinajstić information content (AvgIpc) is 2.26. The van der Waals surface area contributed by atoms with Gasteiger partial charge in [-0.3, -0.25) is 4.79 Å². The molecule has 0 spiro atoms. The van der Waals surface area contributed by atoms with E-state index >= 15 is 0 Å². The predicted molar refractivity (Wildman–Crippen MR) is 61.0 cm³/mol. The van der Waals surface area contributed by atoms with Crippen LogP contribution >= 0.6 is 0 Å². The van der Waals surface area contributed by atoms with Gasteiger partial charge in [-0.1, -0.05) is 38.1 Å². The Morgan fingerprint density at radius 1 is 1.33 bits per heavy atom. The van der Waals surface area contributed by atoms with Gasteiger partial charge in [-0.25, -0.2) is 0 Å². The normalized spacial score (nSPS) is 10.4. The summed E-state index contributed by atoms with van der Waals surface area (Å²) in [6, 6.07) is 7.88. The van der Waals surface area contributed by atoms with E-state index < -0.39 is 0 Å². The van der Waals surface area contributed by atoms with E-state index in [1.54, 1.807) is 0 Å². The summed E-state index contributed by atoms with van der Waals surface area (Å²) in [6.45, 7) is 4.83. The van der Waals surface area contributed by atoms with Crippen molar-refractivity contribution in [1.82, 2.24) is 5.32 Å². The number of rotatable bonds is 4. The molecular weight excluding hydrogens is 188 g/mol. The maximum absolute atomic E-state index is 11.4. The lowest BCUT2D eigenvalue weighted by Gasteiger charge is -2.10. The first-order valence-corrected chi connectivity index (χ1v) is 5.19. The van der Waals surface area contributed by atoms with E-state index in [4.69, 9.17) is 5.73 Å². The summed E-state index contributed by atoms with van der Waals surface area (Å²) in [5.74, 6) is 0.0943. The summed E-state index contributed by atoms with van der Waals surface area (Å²) in [7, 11) is 0. The molecule has 3 heteroatoms. The zero-order valence-corrected chi connectivity index (χ0v) is 9.29. The van der Waals surface area contributed by atoms with Crippen LogP contribution in [0.5, 0.6) is 0 Å². The van der Waals surface area contributed by atoms with Crippen molar-refractivity contribution in [1.29, 1.82) is 0 Å². The van der Waals surface area contributed by atoms with Crippen molar-refractivity contribution in [2.24, 2.45) is 11.7 Å². The Kier molecular flexibility index (Phi) is 4.31. The van der Waals surface area contributed by atoms with Crippen LogP contribution in [0.4, 0.5) is 0 Å². The van der Waals surface area contributed by atoms with E-state index in [0.29, 0.717) is 13.1 Å². The molecule has 15 heavy (non-hydrogen) atoms. The minimum absolute atomic E-state index is 0.0232. The molecule has 0 bridgehead atoms. The first-order chi connectivity index (χ1) is 7.15. The van der Waals surface area contributed by atoms with Gasteiger partial charge in [0.1, 0.15) is 0 Å². The van der Waals surface area contributed by atoms with Gasteiger partial charge in [0.05, 0.1) is 0 Å². The Hall–Kier alpha value is -1.35. The van der Waals surface area contributed by atoms with Gasteiger partial charge in [-0.05, 0) is 11.1 Å². The predicted octanol–water partition coefficient (Wildman–Crippen LogP) is 1.42. The van der Waals surface area contributed by atoms with E-state index in [9.17, 15) is 4.79 Å². The minimum Gasteiger partial charge on any atom is -0.352 e. The van der Waals surface area contributed by atoms with E-state index in [-0.39, 0.29) is 11.8 Å². The van der Waals surface area contributed by atoms with Crippen molar-refractivity contribution in [2.45, 2.75) is 26.9 Å². The molecule has 1 aromatic rings. The average molecular weight is 206 g/mol. The lowest BCUT2D eigenvalue weighted by atomic mass is 10.1. The van der Waals surface area contributed by atoms with E-state index in [1.807, 2.05) is 38.1 Å². The highest BCUT2D eigenvalue weighted by Crippen LogP contribution is 2.07. The maximum Gasteiger partial charge on any atom is 0.222 e. The number of hydrogen-bond acceptors (Lipinski definition) is 2. The third-order valence-electron chi connectivity index (χ3n) is 2.32. The molecule has 3 N–H and O–H groups in total. The zero-order chi connectivity index (χ0) is 11.3. The first-order valence-electron chi connectivity index (χ1n) is 5.19. The number of amides is 1. The van der Waals surface area contributed by atoms with Gasteiger partial charge in [0.25, 0.3) is 0 Å². The number of benzene rings is 1. The molecule has 0 saturated heterocycles. The number of carbonyl (C=O) groups is 1. The van der Waals surface area contributed by atoms with Crippen molar-refractivity contribution in [3.05, 3.63) is 35.4 Å². The third kappa shape index (κ3) is 3.36. The van der Waals surface area contributed by atoms with Crippen molar-refractivity contribution in [3.8, 4) is 0 Å². The zero-order valence-electron chi connectivity index (χ0n) is 9.29. The first kappa shape index (κ1) is 11.7. The monoisotopic (exact) mass is 206 g/mol. The topological polar surface area (TPSA) is 55.1 Å². The standard InChI is InChI=1S/C12H18N2O/c1-9(2)12(15)14-8-11-6-4-3-5-10(11)7-13/h3-6,9H,7-8,13H2,1-2H3,(H,14,15). The molecule has 0 aliphatic heterocycles. The molecule has 1 amide bonds. The lowest BCUT2D eigenvalue weighted by Crippen LogP contribution is -2.27. The third-order valence-corrected chi connectivity index (χ3v) is 2.32. The summed E-state index contributed by atoms with van der Waals surface area (Å²) in [6.07, 6.45) is 0. The molecule has 1 aromatic carbocycles. The van der Waals surface area contributed by atoms with Crippen molar-refractivity contribution in [3.63, 3.8) is 0 Å². The highest BCUT2D eigenvalue weighted by atomic mass is 16.1. The van der Waals surface area contributed by atoms with Crippen LogP contribution in [0.25, 0.3) is 0 Å². The summed E-state index contributed by atoms with van der Waals surface area (Å²) < 4.78 is 0. The number of nitrogens with one attached hydrogen (secondary N) is 1. The van der Waals surface area contributed by atoms with Crippen LogP contribution in [0.2, 0.25) is 0 Å². The molecule has 0 atom stereocenters. The molecule has 0 aliphatic rings. The molecular formula is C12H18N2O. The molecule has 3 nitrogen and oxygen atoms in total. The quantitative estimate of drug-likeness (QED) is 0.782. The SMILES string of the molecule is CC(C)C(=O)NCc1ccccc1CN. The van der Waals surface area contributed by atoms with Crippen LogP contribution in [0.3, 0.4) is 0 Å². The maximum atomic E-state index is 11.4. The second-order valence-corrected chi connectivity index (χ2v) is 3.85. The molecule has 0 radical (unpaired) electrons. The fraction of sp³-hybridized carbons (Fsp3) is 0.417. The van der Waals surface area contributed by atoms with Crippen LogP contribution < -0.4 is 11.1 Å². The van der Waals surface area contributed by atoms with Gasteiger partial charge in [0.2, 0.25) is 5.91 Å². The summed E-state index contributed by atoms with van der Waals surface area (Å²) in [5, 5.41) is 2.88. The Morgan fingerprint density at radius 3 is 2.47 bits per heavy atom. The largest absolute Gasteiger partial charge is 0.352 e. The molecule has 0 fully saturated rings. The molecule has 0 heterocycles. The Bertz CT molecular complexity index is 334. The van der Waals surface area contributed by atoms with Crippen molar-refractivity contribution >= 4 is 5.91 Å². The Labute approximate surface area is 90.7 Å². The van der Waals surface area contributed by atoms with Gasteiger partial charge in [-0.2, -0.15) is 0 Å². The van der Waals surface area contributed by atoms with E-state index in [1.165, 1.54) is 0 Å². The van der Waals surface area contributed by atoms with Gasteiger partial charge < -0.3 is 11.1 Å². The number of nitrogens with two attached hydrogens (primary N) is 1. The van der Waals surface area contributed by atoms with Gasteiger partial charge in [-0.15, -0.1) is 0 Å². The van der Waals surface area contributed by atoms with Crippen LogP contribution in [-0.4, -0.2) is 5.91 Å². The minimum atomic E-state index is 0.0232. The van der Waals surface area contributed by atoms with Gasteiger partial charge in [0, 0.05) is 19.0 Å². The summed E-state index contributed by atoms with van der Waals surface area (Å²) in [5.41, 5.74) is 7.78. The molecule has 0 aliphatic carbocycles. The van der Waals surface area contributed by atoms with Crippen LogP contribution in [-0.2, 0) is 17.9 Å². The molecule has 0 unspecified atom stereocenters. The molecule has 82 valence electrons. The van der Waals surface area contributed by atoms with E-state index in [2.05, 4.69) is 5.32 Å². The second-order valence-electron chi connectivity index (χ2n) is 3.85. The van der Waals surface area contributed by atoms with Crippen LogP contribution in [0, 0.1) is 5.92 Å². The number of carbonyl (C=O) groups excluding carboxylic acids is 1. The van der Waals surface area contributed by atoms with Crippen molar-refractivity contribution < 1.29 is 4.79 Å².